The number of carbonyl (C=O) groups excluding carboxylic acids is 1. The minimum atomic E-state index is -0.337. The van der Waals surface area contributed by atoms with Crippen LogP contribution in [-0.4, -0.2) is 60.0 Å². The van der Waals surface area contributed by atoms with Crippen molar-refractivity contribution < 1.29 is 9.18 Å². The Morgan fingerprint density at radius 2 is 1.91 bits per heavy atom. The van der Waals surface area contributed by atoms with E-state index in [1.165, 1.54) is 17.3 Å². The zero-order valence-corrected chi connectivity index (χ0v) is 20.9. The number of aromatic nitrogens is 2. The summed E-state index contributed by atoms with van der Waals surface area (Å²) in [5, 5.41) is 3.65. The van der Waals surface area contributed by atoms with E-state index in [0.717, 1.165) is 31.7 Å². The second-order valence-electron chi connectivity index (χ2n) is 8.85. The molecule has 2 aliphatic heterocycles. The highest BCUT2D eigenvalue weighted by Crippen LogP contribution is 2.37. The summed E-state index contributed by atoms with van der Waals surface area (Å²) in [5.74, 6) is 0.844. The fraction of sp³-hybridized carbons (Fsp3) is 0.522. The van der Waals surface area contributed by atoms with Crippen LogP contribution in [-0.2, 0) is 11.2 Å². The average Bonchev–Trinajstić information content (AvgIpc) is 3.41. The molecule has 6 nitrogen and oxygen atoms in total. The van der Waals surface area contributed by atoms with Crippen molar-refractivity contribution in [2.45, 2.75) is 31.6 Å². The van der Waals surface area contributed by atoms with Crippen LogP contribution in [0.5, 0.6) is 0 Å². The number of hydrogen-bond acceptors (Lipinski definition) is 5. The molecule has 3 heterocycles. The van der Waals surface area contributed by atoms with Gasteiger partial charge in [0.05, 0.1) is 5.92 Å². The summed E-state index contributed by atoms with van der Waals surface area (Å²) >= 11 is 5.91. The number of hydrogen-bond donors (Lipinski definition) is 1. The molecule has 1 N–H and O–H groups in total. The predicted octanol–water partition coefficient (Wildman–Crippen LogP) is 3.81. The Balaban J connectivity index is 0.00000153. The van der Waals surface area contributed by atoms with Crippen LogP contribution in [0.25, 0.3) is 0 Å². The number of nitrogens with zero attached hydrogens (tertiary/aromatic N) is 4. The fourth-order valence-electron chi connectivity index (χ4n) is 5.32. The SMILES string of the molecule is CC1CCc2ncnc(N3CCN(C(=O)[C@@H]4CNC[C@H]4c4ccc(Cl)cc4F)CC3)c21.Cl.Cl. The van der Waals surface area contributed by atoms with Gasteiger partial charge in [-0.1, -0.05) is 24.6 Å². The molecule has 2 fully saturated rings. The summed E-state index contributed by atoms with van der Waals surface area (Å²) in [5.41, 5.74) is 3.01. The number of anilines is 1. The third-order valence-corrected chi connectivity index (χ3v) is 7.27. The number of carbonyl (C=O) groups is 1. The summed E-state index contributed by atoms with van der Waals surface area (Å²) in [4.78, 5) is 26.6. The number of benzene rings is 1. The maximum atomic E-state index is 14.5. The molecule has 1 amide bonds. The van der Waals surface area contributed by atoms with E-state index in [0.29, 0.717) is 42.7 Å². The third-order valence-electron chi connectivity index (χ3n) is 7.04. The van der Waals surface area contributed by atoms with Gasteiger partial charge < -0.3 is 15.1 Å². The molecule has 1 aromatic heterocycles. The van der Waals surface area contributed by atoms with E-state index >= 15 is 0 Å². The maximum Gasteiger partial charge on any atom is 0.227 e. The lowest BCUT2D eigenvalue weighted by Crippen LogP contribution is -2.51. The van der Waals surface area contributed by atoms with Crippen LogP contribution < -0.4 is 10.2 Å². The molecule has 0 bridgehead atoms. The first-order chi connectivity index (χ1) is 15.0. The van der Waals surface area contributed by atoms with Crippen molar-refractivity contribution in [1.29, 1.82) is 0 Å². The predicted molar refractivity (Wildman–Crippen MR) is 133 cm³/mol. The van der Waals surface area contributed by atoms with Crippen molar-refractivity contribution in [3.05, 3.63) is 52.2 Å². The van der Waals surface area contributed by atoms with Gasteiger partial charge in [0.15, 0.2) is 0 Å². The number of halogens is 4. The standard InChI is InChI=1S/C23H27ClFN5O.2ClH/c1-14-2-5-20-21(14)22(28-13-27-20)29-6-8-30(9-7-29)23(31)18-12-26-11-17(18)16-4-3-15(24)10-19(16)25;;/h3-4,10,13-14,17-18,26H,2,5-9,11-12H2,1H3;2*1H/t14?,17-,18+;;/m0../s1. The molecular formula is C23H29Cl3FN5O. The number of piperazine rings is 1. The number of amides is 1. The smallest absolute Gasteiger partial charge is 0.227 e. The van der Waals surface area contributed by atoms with Crippen LogP contribution >= 0.6 is 36.4 Å². The number of rotatable bonds is 3. The Morgan fingerprint density at radius 3 is 2.64 bits per heavy atom. The van der Waals surface area contributed by atoms with Crippen LogP contribution in [0.1, 0.15) is 42.0 Å². The molecule has 180 valence electrons. The Kier molecular flexibility index (Phi) is 8.43. The Labute approximate surface area is 211 Å². The van der Waals surface area contributed by atoms with Gasteiger partial charge in [0.25, 0.3) is 0 Å². The zero-order chi connectivity index (χ0) is 21.5. The molecule has 33 heavy (non-hydrogen) atoms. The molecule has 1 aromatic carbocycles. The Hall–Kier alpha value is -1.67. The summed E-state index contributed by atoms with van der Waals surface area (Å²) in [6.45, 7) is 6.21. The lowest BCUT2D eigenvalue weighted by Gasteiger charge is -2.38. The topological polar surface area (TPSA) is 61.4 Å². The normalized spacial score (nSPS) is 24.2. The largest absolute Gasteiger partial charge is 0.353 e. The van der Waals surface area contributed by atoms with Crippen molar-refractivity contribution in [3.63, 3.8) is 0 Å². The van der Waals surface area contributed by atoms with Gasteiger partial charge in [-0.2, -0.15) is 0 Å². The van der Waals surface area contributed by atoms with Crippen LogP contribution in [0.4, 0.5) is 10.2 Å². The van der Waals surface area contributed by atoms with Crippen LogP contribution in [0.15, 0.2) is 24.5 Å². The van der Waals surface area contributed by atoms with Gasteiger partial charge >= 0.3 is 0 Å². The van der Waals surface area contributed by atoms with Crippen molar-refractivity contribution in [2.24, 2.45) is 5.92 Å². The molecule has 0 radical (unpaired) electrons. The van der Waals surface area contributed by atoms with E-state index < -0.39 is 0 Å². The highest BCUT2D eigenvalue weighted by Gasteiger charge is 2.39. The Bertz CT molecular complexity index is 1000. The van der Waals surface area contributed by atoms with Crippen molar-refractivity contribution in [3.8, 4) is 0 Å². The van der Waals surface area contributed by atoms with Gasteiger partial charge in [0, 0.05) is 61.5 Å². The first-order valence-corrected chi connectivity index (χ1v) is 11.4. The first kappa shape index (κ1) is 25.9. The van der Waals surface area contributed by atoms with Gasteiger partial charge in [-0.15, -0.1) is 24.8 Å². The molecule has 2 aromatic rings. The molecule has 0 spiro atoms. The van der Waals surface area contributed by atoms with E-state index in [1.54, 1.807) is 18.5 Å². The fourth-order valence-corrected chi connectivity index (χ4v) is 5.47. The third kappa shape index (κ3) is 4.92. The lowest BCUT2D eigenvalue weighted by atomic mass is 9.87. The minimum Gasteiger partial charge on any atom is -0.353 e. The van der Waals surface area contributed by atoms with Crippen LogP contribution in [0.3, 0.4) is 0 Å². The molecule has 2 saturated heterocycles. The molecule has 1 aliphatic carbocycles. The number of aryl methyl sites for hydroxylation is 1. The first-order valence-electron chi connectivity index (χ1n) is 11.1. The molecule has 10 heteroatoms. The van der Waals surface area contributed by atoms with Crippen LogP contribution in [0, 0.1) is 11.7 Å². The molecule has 3 atom stereocenters. The van der Waals surface area contributed by atoms with Crippen molar-refractivity contribution in [2.75, 3.05) is 44.2 Å². The molecule has 3 aliphatic rings. The molecule has 1 unspecified atom stereocenters. The molecule has 5 rings (SSSR count). The summed E-state index contributed by atoms with van der Waals surface area (Å²) in [6.07, 6.45) is 3.80. The van der Waals surface area contributed by atoms with Gasteiger partial charge in [0.1, 0.15) is 18.0 Å². The number of fused-ring (bicyclic) bond motifs is 1. The monoisotopic (exact) mass is 515 g/mol. The van der Waals surface area contributed by atoms with Gasteiger partial charge in [-0.05, 0) is 36.5 Å². The van der Waals surface area contributed by atoms with E-state index in [2.05, 4.69) is 27.1 Å². The van der Waals surface area contributed by atoms with E-state index in [-0.39, 0.29) is 48.4 Å². The maximum absolute atomic E-state index is 14.5. The van der Waals surface area contributed by atoms with Crippen LogP contribution in [0.2, 0.25) is 5.02 Å². The highest BCUT2D eigenvalue weighted by atomic mass is 35.5. The van der Waals surface area contributed by atoms with Gasteiger partial charge in [-0.3, -0.25) is 4.79 Å². The summed E-state index contributed by atoms with van der Waals surface area (Å²) in [7, 11) is 0. The van der Waals surface area contributed by atoms with Crippen molar-refractivity contribution in [1.82, 2.24) is 20.2 Å². The number of nitrogens with one attached hydrogen (secondary N) is 1. The van der Waals surface area contributed by atoms with E-state index in [9.17, 15) is 9.18 Å². The van der Waals surface area contributed by atoms with E-state index in [4.69, 9.17) is 11.6 Å². The highest BCUT2D eigenvalue weighted by molar-refractivity contribution is 6.30. The van der Waals surface area contributed by atoms with Crippen molar-refractivity contribution >= 4 is 48.1 Å². The zero-order valence-electron chi connectivity index (χ0n) is 18.5. The summed E-state index contributed by atoms with van der Waals surface area (Å²) in [6, 6.07) is 4.74. The second-order valence-corrected chi connectivity index (χ2v) is 9.28. The molecule has 0 saturated carbocycles. The lowest BCUT2D eigenvalue weighted by molar-refractivity contribution is -0.135. The minimum absolute atomic E-state index is 0. The van der Waals surface area contributed by atoms with Gasteiger partial charge in [-0.25, -0.2) is 14.4 Å². The average molecular weight is 517 g/mol. The van der Waals surface area contributed by atoms with Gasteiger partial charge in [0.2, 0.25) is 5.91 Å². The summed E-state index contributed by atoms with van der Waals surface area (Å²) < 4.78 is 14.5. The Morgan fingerprint density at radius 1 is 1.15 bits per heavy atom. The molecular weight excluding hydrogens is 488 g/mol. The second kappa shape index (κ2) is 10.7. The van der Waals surface area contributed by atoms with E-state index in [1.807, 2.05) is 4.90 Å². The quantitative estimate of drug-likeness (QED) is 0.672.